The van der Waals surface area contributed by atoms with Crippen molar-refractivity contribution in [2.75, 3.05) is 26.6 Å². The molecule has 0 radical (unpaired) electrons. The Labute approximate surface area is 180 Å². The minimum absolute atomic E-state index is 0.0556. The molecule has 29 heavy (non-hydrogen) atoms. The highest BCUT2D eigenvalue weighted by Gasteiger charge is 2.14. The molecule has 0 saturated carbocycles. The molecule has 1 amide bonds. The van der Waals surface area contributed by atoms with Crippen molar-refractivity contribution in [2.45, 2.75) is 20.0 Å². The van der Waals surface area contributed by atoms with Crippen molar-refractivity contribution in [3.8, 4) is 23.0 Å². The molecule has 2 aromatic rings. The van der Waals surface area contributed by atoms with E-state index >= 15 is 0 Å². The van der Waals surface area contributed by atoms with Crippen LogP contribution in [0.2, 0.25) is 10.0 Å². The van der Waals surface area contributed by atoms with E-state index < -0.39 is 0 Å². The average Bonchev–Trinajstić information content (AvgIpc) is 2.68. The Morgan fingerprint density at radius 3 is 2.17 bits per heavy atom. The van der Waals surface area contributed by atoms with E-state index in [9.17, 15) is 4.79 Å². The summed E-state index contributed by atoms with van der Waals surface area (Å²) >= 11 is 12.4. The molecule has 0 aromatic heterocycles. The van der Waals surface area contributed by atoms with E-state index in [2.05, 4.69) is 5.32 Å². The van der Waals surface area contributed by atoms with E-state index in [-0.39, 0.29) is 12.0 Å². The summed E-state index contributed by atoms with van der Waals surface area (Å²) in [4.78, 5) is 12.4. The number of carbonyl (C=O) groups is 1. The van der Waals surface area contributed by atoms with Crippen LogP contribution in [-0.2, 0) is 4.79 Å². The largest absolute Gasteiger partial charge is 0.495 e. The van der Waals surface area contributed by atoms with Crippen LogP contribution in [0.1, 0.15) is 19.4 Å². The smallest absolute Gasteiger partial charge is 0.248 e. The maximum atomic E-state index is 12.4. The molecule has 0 aliphatic heterocycles. The zero-order valence-electron chi connectivity index (χ0n) is 16.8. The molecular formula is C21H23Cl2NO5. The SMILES string of the molecule is COc1cc(NC(=O)/C=C/c2cc(Cl)c(OC(C)C)c(OC)c2)c(OC)cc1Cl. The van der Waals surface area contributed by atoms with E-state index in [0.717, 1.165) is 0 Å². The number of benzene rings is 2. The van der Waals surface area contributed by atoms with Crippen LogP contribution in [0.3, 0.4) is 0 Å². The molecule has 0 atom stereocenters. The number of methoxy groups -OCH3 is 3. The summed E-state index contributed by atoms with van der Waals surface area (Å²) < 4.78 is 21.5. The molecule has 0 aliphatic carbocycles. The number of rotatable bonds is 8. The van der Waals surface area contributed by atoms with Gasteiger partial charge in [0.15, 0.2) is 11.5 Å². The molecule has 8 heteroatoms. The van der Waals surface area contributed by atoms with Crippen molar-refractivity contribution in [3.05, 3.63) is 46.0 Å². The van der Waals surface area contributed by atoms with Gasteiger partial charge in [-0.3, -0.25) is 4.79 Å². The Hall–Kier alpha value is -2.57. The molecule has 0 fully saturated rings. The van der Waals surface area contributed by atoms with Crippen molar-refractivity contribution in [2.24, 2.45) is 0 Å². The highest BCUT2D eigenvalue weighted by molar-refractivity contribution is 6.32. The summed E-state index contributed by atoms with van der Waals surface area (Å²) in [6, 6.07) is 6.58. The Kier molecular flexibility index (Phi) is 8.05. The summed E-state index contributed by atoms with van der Waals surface area (Å²) in [6.07, 6.45) is 2.93. The van der Waals surface area contributed by atoms with Gasteiger partial charge in [-0.1, -0.05) is 23.2 Å². The van der Waals surface area contributed by atoms with Crippen LogP contribution < -0.4 is 24.3 Å². The zero-order valence-corrected chi connectivity index (χ0v) is 18.4. The number of hydrogen-bond acceptors (Lipinski definition) is 5. The lowest BCUT2D eigenvalue weighted by Gasteiger charge is -2.15. The van der Waals surface area contributed by atoms with Gasteiger partial charge in [0.05, 0.1) is 43.2 Å². The standard InChI is InChI=1S/C21H23Cl2NO5/c1-12(2)29-21-15(23)8-13(9-19(21)28-5)6-7-20(25)24-16-11-17(26-3)14(22)10-18(16)27-4/h6-12H,1-5H3,(H,24,25)/b7-6+. The summed E-state index contributed by atoms with van der Waals surface area (Å²) in [5.74, 6) is 1.41. The quantitative estimate of drug-likeness (QED) is 0.553. The topological polar surface area (TPSA) is 66.0 Å². The number of amides is 1. The molecule has 1 N–H and O–H groups in total. The third-order valence-corrected chi connectivity index (χ3v) is 4.34. The van der Waals surface area contributed by atoms with Gasteiger partial charge in [-0.05, 0) is 37.6 Å². The van der Waals surface area contributed by atoms with Gasteiger partial charge in [-0.25, -0.2) is 0 Å². The summed E-state index contributed by atoms with van der Waals surface area (Å²) in [7, 11) is 4.50. The maximum Gasteiger partial charge on any atom is 0.248 e. The van der Waals surface area contributed by atoms with Crippen molar-refractivity contribution < 1.29 is 23.7 Å². The van der Waals surface area contributed by atoms with Gasteiger partial charge in [0.2, 0.25) is 5.91 Å². The van der Waals surface area contributed by atoms with Gasteiger partial charge in [0, 0.05) is 18.2 Å². The van der Waals surface area contributed by atoms with E-state index in [0.29, 0.717) is 44.3 Å². The molecule has 6 nitrogen and oxygen atoms in total. The maximum absolute atomic E-state index is 12.4. The van der Waals surface area contributed by atoms with Crippen molar-refractivity contribution in [3.63, 3.8) is 0 Å². The minimum atomic E-state index is -0.370. The van der Waals surface area contributed by atoms with Gasteiger partial charge < -0.3 is 24.3 Å². The van der Waals surface area contributed by atoms with Crippen LogP contribution in [0.15, 0.2) is 30.3 Å². The first kappa shape index (κ1) is 22.7. The third-order valence-electron chi connectivity index (χ3n) is 3.76. The van der Waals surface area contributed by atoms with Gasteiger partial charge >= 0.3 is 0 Å². The predicted octanol–water partition coefficient (Wildman–Crippen LogP) is 5.46. The lowest BCUT2D eigenvalue weighted by atomic mass is 10.1. The third kappa shape index (κ3) is 5.95. The number of nitrogens with one attached hydrogen (secondary N) is 1. The van der Waals surface area contributed by atoms with Gasteiger partial charge in [-0.15, -0.1) is 0 Å². The van der Waals surface area contributed by atoms with Gasteiger partial charge in [0.1, 0.15) is 11.5 Å². The molecule has 0 saturated heterocycles. The summed E-state index contributed by atoms with van der Waals surface area (Å²) in [5.41, 5.74) is 1.11. The summed E-state index contributed by atoms with van der Waals surface area (Å²) in [5, 5.41) is 3.51. The molecule has 0 spiro atoms. The van der Waals surface area contributed by atoms with Crippen molar-refractivity contribution in [1.82, 2.24) is 0 Å². The Morgan fingerprint density at radius 1 is 0.931 bits per heavy atom. The van der Waals surface area contributed by atoms with Gasteiger partial charge in [0.25, 0.3) is 0 Å². The Balaban J connectivity index is 2.22. The predicted molar refractivity (Wildman–Crippen MR) is 116 cm³/mol. The van der Waals surface area contributed by atoms with Crippen LogP contribution in [0.25, 0.3) is 6.08 Å². The Bertz CT molecular complexity index is 912. The molecule has 0 bridgehead atoms. The Morgan fingerprint density at radius 2 is 1.59 bits per heavy atom. The minimum Gasteiger partial charge on any atom is -0.495 e. The zero-order chi connectivity index (χ0) is 21.6. The molecule has 0 unspecified atom stereocenters. The molecule has 0 aliphatic rings. The second kappa shape index (κ2) is 10.3. The van der Waals surface area contributed by atoms with Crippen LogP contribution in [0.4, 0.5) is 5.69 Å². The normalized spacial score (nSPS) is 10.9. The fourth-order valence-electron chi connectivity index (χ4n) is 2.49. The van der Waals surface area contributed by atoms with Crippen LogP contribution in [0.5, 0.6) is 23.0 Å². The number of hydrogen-bond donors (Lipinski definition) is 1. The molecule has 2 rings (SSSR count). The van der Waals surface area contributed by atoms with Crippen LogP contribution >= 0.6 is 23.2 Å². The fraction of sp³-hybridized carbons (Fsp3) is 0.286. The second-order valence-electron chi connectivity index (χ2n) is 6.21. The number of carbonyl (C=O) groups excluding carboxylic acids is 1. The highest BCUT2D eigenvalue weighted by atomic mass is 35.5. The first-order valence-corrected chi connectivity index (χ1v) is 9.49. The molecule has 2 aromatic carbocycles. The lowest BCUT2D eigenvalue weighted by molar-refractivity contribution is -0.111. The van der Waals surface area contributed by atoms with E-state index in [1.807, 2.05) is 13.8 Å². The number of halogens is 2. The van der Waals surface area contributed by atoms with E-state index in [4.69, 9.17) is 42.1 Å². The fourth-order valence-corrected chi connectivity index (χ4v) is 2.98. The monoisotopic (exact) mass is 439 g/mol. The van der Waals surface area contributed by atoms with E-state index in [1.165, 1.54) is 27.4 Å². The van der Waals surface area contributed by atoms with Crippen LogP contribution in [-0.4, -0.2) is 33.3 Å². The number of anilines is 1. The van der Waals surface area contributed by atoms with Crippen molar-refractivity contribution in [1.29, 1.82) is 0 Å². The number of ether oxygens (including phenoxy) is 4. The van der Waals surface area contributed by atoms with Crippen LogP contribution in [0, 0.1) is 0 Å². The second-order valence-corrected chi connectivity index (χ2v) is 7.02. The molecule has 0 heterocycles. The first-order valence-electron chi connectivity index (χ1n) is 8.73. The first-order chi connectivity index (χ1) is 13.8. The van der Waals surface area contributed by atoms with Gasteiger partial charge in [-0.2, -0.15) is 0 Å². The average molecular weight is 440 g/mol. The summed E-state index contributed by atoms with van der Waals surface area (Å²) in [6.45, 7) is 3.79. The van der Waals surface area contributed by atoms with Crippen molar-refractivity contribution >= 4 is 40.9 Å². The molecule has 156 valence electrons. The lowest BCUT2D eigenvalue weighted by Crippen LogP contribution is -2.09. The van der Waals surface area contributed by atoms with E-state index in [1.54, 1.807) is 30.3 Å². The highest BCUT2D eigenvalue weighted by Crippen LogP contribution is 2.38. The molecular weight excluding hydrogens is 417 g/mol.